The smallest absolute Gasteiger partial charge is 0.188 e. The monoisotopic (exact) mass is 554 g/mol. The molecule has 0 bridgehead atoms. The van der Waals surface area contributed by atoms with Crippen molar-refractivity contribution in [3.63, 3.8) is 0 Å². The summed E-state index contributed by atoms with van der Waals surface area (Å²) in [5.41, 5.74) is 0. The van der Waals surface area contributed by atoms with Gasteiger partial charge in [0.25, 0.3) is 0 Å². The zero-order valence-corrected chi connectivity index (χ0v) is 23.8. The maximum atomic E-state index is 5.35. The van der Waals surface area contributed by atoms with Gasteiger partial charge in [-0.3, -0.25) is 0 Å². The van der Waals surface area contributed by atoms with Gasteiger partial charge in [0.1, 0.15) is 0 Å². The molecule has 0 saturated heterocycles. The fraction of sp³-hybridized carbons (Fsp3) is 1.00. The zero-order chi connectivity index (χ0) is 19.7. The molecule has 0 aliphatic heterocycles. The quantitative estimate of drug-likeness (QED) is 0.0891. The summed E-state index contributed by atoms with van der Waals surface area (Å²) in [4.78, 5) is 0. The average Bonchev–Trinajstić information content (AvgIpc) is 2.67. The molecule has 0 rings (SSSR count). The largest absolute Gasteiger partial charge is 0.333 e. The first-order valence-electron chi connectivity index (χ1n) is 7.77. The molecule has 0 aliphatic rings. The molecule has 0 aromatic carbocycles. The predicted molar refractivity (Wildman–Crippen MR) is 140 cm³/mol. The second kappa shape index (κ2) is 19.0. The molecule has 0 aromatic heterocycles. The summed E-state index contributed by atoms with van der Waals surface area (Å²) in [7, 11) is 17.7. The third-order valence-corrected chi connectivity index (χ3v) is 21.0. The van der Waals surface area contributed by atoms with Crippen LogP contribution in [0.3, 0.4) is 0 Å². The Morgan fingerprint density at radius 1 is 0.577 bits per heavy atom. The Bertz CT molecular complexity index is 378. The summed E-state index contributed by atoms with van der Waals surface area (Å²) in [6.07, 6.45) is 6.14. The molecule has 26 heavy (non-hydrogen) atoms. The van der Waals surface area contributed by atoms with Gasteiger partial charge in [-0.05, 0) is 88.6 Å². The molecule has 0 fully saturated rings. The Kier molecular flexibility index (Phi) is 21.3. The summed E-state index contributed by atoms with van der Waals surface area (Å²) >= 11 is 10.7. The summed E-state index contributed by atoms with van der Waals surface area (Å²) in [5.74, 6) is 2.26. The third-order valence-electron chi connectivity index (χ3n) is 3.11. The van der Waals surface area contributed by atoms with Gasteiger partial charge in [-0.2, -0.15) is 0 Å². The molecule has 0 atom stereocenters. The standard InChI is InChI=1S/C12H28O4P2S8/c1-13-17(19,14-2)9-5-7-11-21-23-25-26-24-22-12-8-6-10-18(20,15-3)16-4/h5-12H2,1-4H3. The molecular formula is C12H28O4P2S8. The first-order valence-corrected chi connectivity index (χ1v) is 21.2. The van der Waals surface area contributed by atoms with Crippen LogP contribution >= 0.6 is 73.9 Å². The lowest BCUT2D eigenvalue weighted by Gasteiger charge is -2.17. The van der Waals surface area contributed by atoms with Crippen LogP contribution in [0.25, 0.3) is 0 Å². The minimum Gasteiger partial charge on any atom is -0.333 e. The molecule has 0 radical (unpaired) electrons. The fourth-order valence-corrected chi connectivity index (χ4v) is 16.4. The van der Waals surface area contributed by atoms with Crippen molar-refractivity contribution in [3.8, 4) is 0 Å². The van der Waals surface area contributed by atoms with Gasteiger partial charge in [0.2, 0.25) is 0 Å². The molecular weight excluding hydrogens is 527 g/mol. The van der Waals surface area contributed by atoms with E-state index in [1.165, 1.54) is 0 Å². The van der Waals surface area contributed by atoms with Crippen molar-refractivity contribution in [2.75, 3.05) is 52.3 Å². The number of rotatable bonds is 19. The van der Waals surface area contributed by atoms with Crippen molar-refractivity contribution in [2.45, 2.75) is 25.7 Å². The van der Waals surface area contributed by atoms with Gasteiger partial charge < -0.3 is 18.1 Å². The summed E-state index contributed by atoms with van der Waals surface area (Å²) in [6, 6.07) is 0. The molecule has 0 amide bonds. The van der Waals surface area contributed by atoms with Crippen molar-refractivity contribution < 1.29 is 18.1 Å². The first kappa shape index (κ1) is 29.2. The van der Waals surface area contributed by atoms with Crippen LogP contribution in [0, 0.1) is 0 Å². The second-order valence-corrected chi connectivity index (χ2v) is 22.6. The average molecular weight is 555 g/mol. The van der Waals surface area contributed by atoms with Crippen molar-refractivity contribution in [2.24, 2.45) is 0 Å². The van der Waals surface area contributed by atoms with Crippen LogP contribution in [-0.2, 0) is 41.7 Å². The molecule has 0 aliphatic carbocycles. The topological polar surface area (TPSA) is 36.9 Å². The molecule has 0 saturated carbocycles. The van der Waals surface area contributed by atoms with E-state index in [9.17, 15) is 0 Å². The maximum Gasteiger partial charge on any atom is 0.188 e. The molecule has 0 N–H and O–H groups in total. The van der Waals surface area contributed by atoms with E-state index < -0.39 is 13.0 Å². The van der Waals surface area contributed by atoms with E-state index in [4.69, 9.17) is 41.7 Å². The van der Waals surface area contributed by atoms with Gasteiger partial charge in [-0.1, -0.05) is 21.6 Å². The van der Waals surface area contributed by atoms with Crippen molar-refractivity contribution in [1.82, 2.24) is 0 Å². The van der Waals surface area contributed by atoms with Crippen molar-refractivity contribution in [1.29, 1.82) is 0 Å². The lowest BCUT2D eigenvalue weighted by atomic mass is 10.4. The third kappa shape index (κ3) is 16.0. The van der Waals surface area contributed by atoms with Crippen LogP contribution in [0.4, 0.5) is 0 Å². The number of hydrogen-bond donors (Lipinski definition) is 0. The van der Waals surface area contributed by atoms with Crippen LogP contribution in [0.15, 0.2) is 0 Å². The van der Waals surface area contributed by atoms with Gasteiger partial charge in [-0.15, -0.1) is 0 Å². The summed E-state index contributed by atoms with van der Waals surface area (Å²) < 4.78 is 21.1. The van der Waals surface area contributed by atoms with E-state index in [2.05, 4.69) is 0 Å². The Balaban J connectivity index is 3.32. The maximum absolute atomic E-state index is 5.35. The van der Waals surface area contributed by atoms with Crippen LogP contribution in [0.1, 0.15) is 25.7 Å². The molecule has 0 spiro atoms. The normalized spacial score (nSPS) is 12.6. The van der Waals surface area contributed by atoms with E-state index in [1.807, 2.05) is 60.9 Å². The van der Waals surface area contributed by atoms with Gasteiger partial charge in [0, 0.05) is 52.3 Å². The Morgan fingerprint density at radius 3 is 1.23 bits per heavy atom. The molecule has 0 heterocycles. The van der Waals surface area contributed by atoms with E-state index in [0.717, 1.165) is 49.5 Å². The Labute approximate surface area is 192 Å². The van der Waals surface area contributed by atoms with Gasteiger partial charge in [0.15, 0.2) is 13.0 Å². The molecule has 4 nitrogen and oxygen atoms in total. The fourth-order valence-electron chi connectivity index (χ4n) is 1.58. The zero-order valence-electron chi connectivity index (χ0n) is 15.5. The van der Waals surface area contributed by atoms with Crippen molar-refractivity contribution >= 4 is 97.5 Å². The lowest BCUT2D eigenvalue weighted by Crippen LogP contribution is -1.94. The SMILES string of the molecule is COP(=S)(CCCCSSSSSSCCCCP(=S)(OC)OC)OC. The minimum atomic E-state index is -1.99. The summed E-state index contributed by atoms with van der Waals surface area (Å²) in [5, 5.41) is 0. The highest BCUT2D eigenvalue weighted by Gasteiger charge is 2.14. The molecule has 0 aromatic rings. The Morgan fingerprint density at radius 2 is 0.923 bits per heavy atom. The highest BCUT2D eigenvalue weighted by Crippen LogP contribution is 2.53. The summed E-state index contributed by atoms with van der Waals surface area (Å²) in [6.45, 7) is -3.99. The minimum absolute atomic E-state index is 0.859. The van der Waals surface area contributed by atoms with E-state index >= 15 is 0 Å². The second-order valence-electron chi connectivity index (χ2n) is 4.73. The van der Waals surface area contributed by atoms with Crippen LogP contribution in [0.5, 0.6) is 0 Å². The van der Waals surface area contributed by atoms with Crippen molar-refractivity contribution in [3.05, 3.63) is 0 Å². The lowest BCUT2D eigenvalue weighted by molar-refractivity contribution is 0.336. The first-order chi connectivity index (χ1) is 12.4. The molecule has 14 heteroatoms. The number of unbranched alkanes of at least 4 members (excludes halogenated alkanes) is 2. The van der Waals surface area contributed by atoms with Gasteiger partial charge in [-0.25, -0.2) is 0 Å². The van der Waals surface area contributed by atoms with E-state index in [0.29, 0.717) is 0 Å². The van der Waals surface area contributed by atoms with E-state index in [-0.39, 0.29) is 0 Å². The molecule has 158 valence electrons. The highest BCUT2D eigenvalue weighted by molar-refractivity contribution is 9.41. The number of hydrogen-bond acceptors (Lipinski definition) is 12. The van der Waals surface area contributed by atoms with Gasteiger partial charge in [0.05, 0.1) is 0 Å². The van der Waals surface area contributed by atoms with Gasteiger partial charge >= 0.3 is 0 Å². The van der Waals surface area contributed by atoms with Crippen LogP contribution in [-0.4, -0.2) is 52.3 Å². The van der Waals surface area contributed by atoms with E-state index in [1.54, 1.807) is 28.4 Å². The Hall–Kier alpha value is 3.24. The predicted octanol–water partition coefficient (Wildman–Crippen LogP) is 7.73. The highest BCUT2D eigenvalue weighted by atomic mass is 33.9. The molecule has 0 unspecified atom stereocenters. The van der Waals surface area contributed by atoms with Crippen LogP contribution < -0.4 is 0 Å². The van der Waals surface area contributed by atoms with Crippen LogP contribution in [0.2, 0.25) is 0 Å².